The minimum absolute atomic E-state index is 0.0145. The van der Waals surface area contributed by atoms with Crippen molar-refractivity contribution in [3.63, 3.8) is 0 Å². The van der Waals surface area contributed by atoms with Crippen LogP contribution in [0, 0.1) is 17.6 Å². The van der Waals surface area contributed by atoms with E-state index >= 15 is 0 Å². The number of sulfone groups is 1. The molecule has 1 aliphatic heterocycles. The molecule has 0 amide bonds. The van der Waals surface area contributed by atoms with Gasteiger partial charge in [0.25, 0.3) is 0 Å². The Hall–Kier alpha value is -2.32. The molecule has 0 atom stereocenters. The van der Waals surface area contributed by atoms with E-state index in [1.807, 2.05) is 0 Å². The number of likely N-dealkylation sites (tertiary alicyclic amines) is 1. The summed E-state index contributed by atoms with van der Waals surface area (Å²) < 4.78 is 56.0. The van der Waals surface area contributed by atoms with Gasteiger partial charge in [-0.3, -0.25) is 4.90 Å². The van der Waals surface area contributed by atoms with Crippen molar-refractivity contribution in [2.75, 3.05) is 18.8 Å². The largest absolute Gasteiger partial charge is 0.356 e. The van der Waals surface area contributed by atoms with E-state index < -0.39 is 15.7 Å². The summed E-state index contributed by atoms with van der Waals surface area (Å²) in [6.45, 7) is 1.76. The Morgan fingerprint density at radius 3 is 2.50 bits per heavy atom. The fourth-order valence-electron chi connectivity index (χ4n) is 3.25. The van der Waals surface area contributed by atoms with E-state index in [0.717, 1.165) is 17.5 Å². The van der Waals surface area contributed by atoms with Gasteiger partial charge in [-0.1, -0.05) is 5.16 Å². The van der Waals surface area contributed by atoms with Crippen LogP contribution in [-0.4, -0.2) is 37.3 Å². The van der Waals surface area contributed by atoms with Crippen LogP contribution < -0.4 is 0 Å². The van der Waals surface area contributed by atoms with Gasteiger partial charge in [0.05, 0.1) is 10.6 Å². The summed E-state index contributed by atoms with van der Waals surface area (Å²) in [7, 11) is -3.43. The number of hydrogen-bond acceptors (Lipinski definition) is 5. The van der Waals surface area contributed by atoms with Gasteiger partial charge in [-0.25, -0.2) is 17.2 Å². The molecule has 0 N–H and O–H groups in total. The van der Waals surface area contributed by atoms with Crippen molar-refractivity contribution in [1.29, 1.82) is 0 Å². The van der Waals surface area contributed by atoms with Crippen LogP contribution in [-0.2, 0) is 16.4 Å². The van der Waals surface area contributed by atoms with Gasteiger partial charge in [-0.2, -0.15) is 0 Å². The molecular formula is C18H16F2N2O3S. The lowest BCUT2D eigenvalue weighted by atomic mass is 10.0. The Labute approximate surface area is 149 Å². The second kappa shape index (κ2) is 6.44. The molecule has 26 heavy (non-hydrogen) atoms. The number of nitrogens with zero attached hydrogens (tertiary/aromatic N) is 2. The Morgan fingerprint density at radius 1 is 1.08 bits per heavy atom. The van der Waals surface area contributed by atoms with Gasteiger partial charge < -0.3 is 4.52 Å². The topological polar surface area (TPSA) is 63.4 Å². The van der Waals surface area contributed by atoms with E-state index in [1.54, 1.807) is 6.07 Å². The Morgan fingerprint density at radius 2 is 1.77 bits per heavy atom. The van der Waals surface area contributed by atoms with Crippen molar-refractivity contribution in [3.05, 3.63) is 59.8 Å². The van der Waals surface area contributed by atoms with E-state index in [2.05, 4.69) is 10.1 Å². The molecule has 0 bridgehead atoms. The van der Waals surface area contributed by atoms with E-state index in [1.165, 1.54) is 24.3 Å². The van der Waals surface area contributed by atoms with Gasteiger partial charge in [-0.15, -0.1) is 0 Å². The van der Waals surface area contributed by atoms with Crippen LogP contribution in [0.15, 0.2) is 51.9 Å². The quantitative estimate of drug-likeness (QED) is 0.639. The molecular weight excluding hydrogens is 362 g/mol. The second-order valence-corrected chi connectivity index (χ2v) is 8.60. The number of halogens is 2. The number of aromatic nitrogens is 1. The van der Waals surface area contributed by atoms with Crippen LogP contribution in [0.5, 0.6) is 0 Å². The standard InChI is InChI=1S/C18H16F2N2O3S/c19-13-1-4-15(5-2-13)26(23,24)11-12-8-22(9-12)10-17-16-6-3-14(20)7-18(16)25-21-17/h1-7,12H,8-11H2. The predicted molar refractivity (Wildman–Crippen MR) is 91.2 cm³/mol. The van der Waals surface area contributed by atoms with Gasteiger partial charge in [0, 0.05) is 31.1 Å². The minimum Gasteiger partial charge on any atom is -0.356 e. The van der Waals surface area contributed by atoms with E-state index in [0.29, 0.717) is 30.9 Å². The van der Waals surface area contributed by atoms with Crippen molar-refractivity contribution in [2.45, 2.75) is 11.4 Å². The fraction of sp³-hybridized carbons (Fsp3) is 0.278. The highest BCUT2D eigenvalue weighted by molar-refractivity contribution is 7.91. The van der Waals surface area contributed by atoms with Crippen LogP contribution in [0.1, 0.15) is 5.69 Å². The van der Waals surface area contributed by atoms with Gasteiger partial charge in [-0.05, 0) is 42.3 Å². The number of fused-ring (bicyclic) bond motifs is 1. The molecule has 8 heteroatoms. The molecule has 0 saturated carbocycles. The zero-order chi connectivity index (χ0) is 18.3. The third-order valence-corrected chi connectivity index (χ3v) is 6.44. The van der Waals surface area contributed by atoms with E-state index in [9.17, 15) is 17.2 Å². The number of rotatable bonds is 5. The number of hydrogen-bond donors (Lipinski definition) is 0. The summed E-state index contributed by atoms with van der Waals surface area (Å²) in [5.74, 6) is -0.797. The van der Waals surface area contributed by atoms with Crippen LogP contribution in [0.4, 0.5) is 8.78 Å². The van der Waals surface area contributed by atoms with Gasteiger partial charge >= 0.3 is 0 Å². The van der Waals surface area contributed by atoms with Crippen molar-refractivity contribution in [3.8, 4) is 0 Å². The normalized spacial score (nSPS) is 16.1. The zero-order valence-electron chi connectivity index (χ0n) is 13.7. The molecule has 1 aromatic heterocycles. The molecule has 136 valence electrons. The lowest BCUT2D eigenvalue weighted by molar-refractivity contribution is 0.104. The van der Waals surface area contributed by atoms with Crippen LogP contribution in [0.2, 0.25) is 0 Å². The first-order valence-corrected chi connectivity index (χ1v) is 9.80. The average Bonchev–Trinajstić information content (AvgIpc) is 2.95. The maximum Gasteiger partial charge on any atom is 0.178 e. The molecule has 1 aliphatic rings. The minimum atomic E-state index is -3.43. The molecule has 1 saturated heterocycles. The lowest BCUT2D eigenvalue weighted by Crippen LogP contribution is -2.48. The van der Waals surface area contributed by atoms with E-state index in [-0.39, 0.29) is 22.4 Å². The van der Waals surface area contributed by atoms with Crippen LogP contribution in [0.25, 0.3) is 11.0 Å². The fourth-order valence-corrected chi connectivity index (χ4v) is 4.82. The molecule has 0 unspecified atom stereocenters. The highest BCUT2D eigenvalue weighted by Gasteiger charge is 2.32. The highest BCUT2D eigenvalue weighted by Crippen LogP contribution is 2.26. The molecule has 2 heterocycles. The Kier molecular flexibility index (Phi) is 4.24. The maximum atomic E-state index is 13.2. The first kappa shape index (κ1) is 17.1. The predicted octanol–water partition coefficient (Wildman–Crippen LogP) is 3.01. The number of benzene rings is 2. The van der Waals surface area contributed by atoms with Gasteiger partial charge in [0.15, 0.2) is 15.4 Å². The summed E-state index contributed by atoms with van der Waals surface area (Å²) in [5.41, 5.74) is 1.11. The third kappa shape index (κ3) is 3.34. The van der Waals surface area contributed by atoms with Gasteiger partial charge in [0.2, 0.25) is 0 Å². The van der Waals surface area contributed by atoms with Crippen molar-refractivity contribution < 1.29 is 21.7 Å². The maximum absolute atomic E-state index is 13.2. The Balaban J connectivity index is 1.37. The van der Waals surface area contributed by atoms with Crippen LogP contribution >= 0.6 is 0 Å². The summed E-state index contributed by atoms with van der Waals surface area (Å²) >= 11 is 0. The van der Waals surface area contributed by atoms with Gasteiger partial charge in [0.1, 0.15) is 17.3 Å². The average molecular weight is 378 g/mol. The zero-order valence-corrected chi connectivity index (χ0v) is 14.5. The SMILES string of the molecule is O=S(=O)(CC1CN(Cc2noc3cc(F)ccc23)C1)c1ccc(F)cc1. The highest BCUT2D eigenvalue weighted by atomic mass is 32.2. The van der Waals surface area contributed by atoms with Crippen molar-refractivity contribution in [1.82, 2.24) is 10.1 Å². The molecule has 2 aromatic carbocycles. The molecule has 0 radical (unpaired) electrons. The lowest BCUT2D eigenvalue weighted by Gasteiger charge is -2.38. The molecule has 4 rings (SSSR count). The molecule has 1 fully saturated rings. The summed E-state index contributed by atoms with van der Waals surface area (Å²) in [6.07, 6.45) is 0. The summed E-state index contributed by atoms with van der Waals surface area (Å²) in [4.78, 5) is 2.20. The van der Waals surface area contributed by atoms with E-state index in [4.69, 9.17) is 4.52 Å². The molecule has 0 aliphatic carbocycles. The monoisotopic (exact) mass is 378 g/mol. The molecule has 5 nitrogen and oxygen atoms in total. The van der Waals surface area contributed by atoms with Crippen molar-refractivity contribution in [2.24, 2.45) is 5.92 Å². The molecule has 3 aromatic rings. The Bertz CT molecular complexity index is 1040. The smallest absolute Gasteiger partial charge is 0.178 e. The van der Waals surface area contributed by atoms with Crippen LogP contribution in [0.3, 0.4) is 0 Å². The third-order valence-electron chi connectivity index (χ3n) is 4.54. The second-order valence-electron chi connectivity index (χ2n) is 6.57. The first-order chi connectivity index (χ1) is 12.4. The first-order valence-electron chi connectivity index (χ1n) is 8.15. The van der Waals surface area contributed by atoms with Crippen molar-refractivity contribution >= 4 is 20.8 Å². The summed E-state index contributed by atoms with van der Waals surface area (Å²) in [5, 5.41) is 4.73. The summed E-state index contributed by atoms with van der Waals surface area (Å²) in [6, 6.07) is 9.17. The molecule has 0 spiro atoms.